The summed E-state index contributed by atoms with van der Waals surface area (Å²) in [6, 6.07) is 26.0. The van der Waals surface area contributed by atoms with Crippen molar-refractivity contribution in [2.75, 3.05) is 0 Å². The summed E-state index contributed by atoms with van der Waals surface area (Å²) in [6.45, 7) is 0. The van der Waals surface area contributed by atoms with E-state index < -0.39 is 0 Å². The molecule has 0 radical (unpaired) electrons. The first-order chi connectivity index (χ1) is 13.2. The van der Waals surface area contributed by atoms with Crippen LogP contribution in [-0.2, 0) is 0 Å². The highest BCUT2D eigenvalue weighted by molar-refractivity contribution is 6.41. The Bertz CT molecular complexity index is 1270. The molecule has 1 aromatic heterocycles. The van der Waals surface area contributed by atoms with E-state index in [4.69, 9.17) is 28.2 Å². The molecule has 0 saturated heterocycles. The Balaban J connectivity index is 1.75. The summed E-state index contributed by atoms with van der Waals surface area (Å²) >= 11 is 13.1. The van der Waals surface area contributed by atoms with Gasteiger partial charge in [0.1, 0.15) is 5.82 Å². The van der Waals surface area contributed by atoms with Gasteiger partial charge < -0.3 is 4.98 Å². The largest absolute Gasteiger partial charge is 0.338 e. The number of aromatic amines is 1. The van der Waals surface area contributed by atoms with Crippen LogP contribution in [0.5, 0.6) is 0 Å². The zero-order valence-corrected chi connectivity index (χ0v) is 15.7. The van der Waals surface area contributed by atoms with E-state index in [1.807, 2.05) is 66.7 Å². The lowest BCUT2D eigenvalue weighted by Crippen LogP contribution is -1.89. The second-order valence-corrected chi connectivity index (χ2v) is 7.20. The summed E-state index contributed by atoms with van der Waals surface area (Å²) in [5.74, 6) is 0.828. The molecule has 0 unspecified atom stereocenters. The van der Waals surface area contributed by atoms with Crippen LogP contribution in [0.1, 0.15) is 0 Å². The van der Waals surface area contributed by atoms with Gasteiger partial charge in [0.2, 0.25) is 0 Å². The molecular formula is C23H14Cl2N2. The predicted octanol–water partition coefficient (Wildman–Crippen LogP) is 7.36. The summed E-state index contributed by atoms with van der Waals surface area (Å²) < 4.78 is 0. The molecule has 0 spiro atoms. The van der Waals surface area contributed by atoms with Crippen LogP contribution in [0, 0.1) is 0 Å². The molecule has 4 heteroatoms. The summed E-state index contributed by atoms with van der Waals surface area (Å²) in [7, 11) is 0. The molecule has 0 aliphatic rings. The molecule has 130 valence electrons. The fraction of sp³-hybridized carbons (Fsp3) is 0. The van der Waals surface area contributed by atoms with Crippen molar-refractivity contribution in [1.82, 2.24) is 9.97 Å². The topological polar surface area (TPSA) is 28.7 Å². The van der Waals surface area contributed by atoms with Crippen LogP contribution in [0.2, 0.25) is 10.0 Å². The minimum atomic E-state index is 0.693. The van der Waals surface area contributed by atoms with E-state index in [0.29, 0.717) is 10.0 Å². The minimum absolute atomic E-state index is 0.693. The number of benzene rings is 4. The lowest BCUT2D eigenvalue weighted by molar-refractivity contribution is 1.34. The fourth-order valence-corrected chi connectivity index (χ4v) is 4.06. The molecular weight excluding hydrogens is 375 g/mol. The second-order valence-electron chi connectivity index (χ2n) is 6.41. The lowest BCUT2D eigenvalue weighted by Gasteiger charge is -2.12. The molecule has 0 fully saturated rings. The van der Waals surface area contributed by atoms with Crippen molar-refractivity contribution >= 4 is 45.0 Å². The van der Waals surface area contributed by atoms with Crippen molar-refractivity contribution in [3.8, 4) is 22.5 Å². The number of aromatic nitrogens is 2. The van der Waals surface area contributed by atoms with Crippen LogP contribution in [0.15, 0.2) is 78.9 Å². The molecule has 0 bridgehead atoms. The number of halogens is 2. The molecule has 0 atom stereocenters. The number of fused-ring (bicyclic) bond motifs is 2. The Hall–Kier alpha value is -2.81. The highest BCUT2D eigenvalue weighted by Crippen LogP contribution is 2.40. The maximum absolute atomic E-state index is 6.80. The molecule has 0 aliphatic carbocycles. The number of nitrogens with one attached hydrogen (secondary N) is 1. The highest BCUT2D eigenvalue weighted by atomic mass is 35.5. The van der Waals surface area contributed by atoms with Crippen molar-refractivity contribution in [3.63, 3.8) is 0 Å². The first kappa shape index (κ1) is 16.4. The number of rotatable bonds is 2. The van der Waals surface area contributed by atoms with Gasteiger partial charge in [0.15, 0.2) is 0 Å². The Morgan fingerprint density at radius 2 is 1.41 bits per heavy atom. The van der Waals surface area contributed by atoms with E-state index in [1.54, 1.807) is 0 Å². The summed E-state index contributed by atoms with van der Waals surface area (Å²) in [4.78, 5) is 8.17. The van der Waals surface area contributed by atoms with Gasteiger partial charge in [-0.2, -0.15) is 0 Å². The number of hydrogen-bond donors (Lipinski definition) is 1. The molecule has 5 rings (SSSR count). The highest BCUT2D eigenvalue weighted by Gasteiger charge is 2.15. The Kier molecular flexibility index (Phi) is 3.89. The van der Waals surface area contributed by atoms with E-state index in [-0.39, 0.29) is 0 Å². The normalized spacial score (nSPS) is 11.3. The summed E-state index contributed by atoms with van der Waals surface area (Å²) in [5, 5.41) is 3.29. The van der Waals surface area contributed by atoms with Crippen LogP contribution in [-0.4, -0.2) is 9.97 Å². The molecule has 1 heterocycles. The van der Waals surface area contributed by atoms with Gasteiger partial charge in [-0.3, -0.25) is 0 Å². The van der Waals surface area contributed by atoms with Crippen molar-refractivity contribution in [1.29, 1.82) is 0 Å². The maximum atomic E-state index is 6.80. The van der Waals surface area contributed by atoms with E-state index in [9.17, 15) is 0 Å². The van der Waals surface area contributed by atoms with Gasteiger partial charge in [-0.1, -0.05) is 83.9 Å². The van der Waals surface area contributed by atoms with Crippen molar-refractivity contribution < 1.29 is 0 Å². The molecule has 5 aromatic rings. The quantitative estimate of drug-likeness (QED) is 0.336. The van der Waals surface area contributed by atoms with Crippen LogP contribution in [0.25, 0.3) is 44.3 Å². The number of H-pyrrole nitrogens is 1. The monoisotopic (exact) mass is 388 g/mol. The minimum Gasteiger partial charge on any atom is -0.338 e. The number of para-hydroxylation sites is 2. The average molecular weight is 389 g/mol. The smallest absolute Gasteiger partial charge is 0.139 e. The third-order valence-electron chi connectivity index (χ3n) is 4.80. The Morgan fingerprint density at radius 1 is 0.630 bits per heavy atom. The molecule has 0 aliphatic heterocycles. The number of imidazole rings is 1. The molecule has 4 aromatic carbocycles. The molecule has 0 saturated carbocycles. The van der Waals surface area contributed by atoms with E-state index in [2.05, 4.69) is 17.1 Å². The van der Waals surface area contributed by atoms with Crippen molar-refractivity contribution in [2.24, 2.45) is 0 Å². The lowest BCUT2D eigenvalue weighted by atomic mass is 9.96. The maximum Gasteiger partial charge on any atom is 0.139 e. The van der Waals surface area contributed by atoms with Gasteiger partial charge in [-0.15, -0.1) is 0 Å². The zero-order chi connectivity index (χ0) is 18.4. The van der Waals surface area contributed by atoms with Gasteiger partial charge >= 0.3 is 0 Å². The molecule has 2 nitrogen and oxygen atoms in total. The number of nitrogens with zero attached hydrogens (tertiary/aromatic N) is 1. The van der Waals surface area contributed by atoms with Crippen LogP contribution in [0.3, 0.4) is 0 Å². The SMILES string of the molecule is Clc1cccc2c(Cl)c(-c3ccccc3-c3nc4ccccc4[nH]3)ccc12. The zero-order valence-electron chi connectivity index (χ0n) is 14.2. The van der Waals surface area contributed by atoms with Crippen molar-refractivity contribution in [2.45, 2.75) is 0 Å². The first-order valence-corrected chi connectivity index (χ1v) is 9.39. The van der Waals surface area contributed by atoms with Gasteiger partial charge in [0.25, 0.3) is 0 Å². The first-order valence-electron chi connectivity index (χ1n) is 8.63. The van der Waals surface area contributed by atoms with Gasteiger partial charge in [-0.05, 0) is 23.8 Å². The summed E-state index contributed by atoms with van der Waals surface area (Å²) in [5.41, 5.74) is 4.96. The molecule has 27 heavy (non-hydrogen) atoms. The van der Waals surface area contributed by atoms with E-state index in [1.165, 1.54) is 0 Å². The number of hydrogen-bond acceptors (Lipinski definition) is 1. The molecule has 0 amide bonds. The molecule has 1 N–H and O–H groups in total. The standard InChI is InChI=1S/C23H14Cl2N2/c24-19-9-5-8-16-15(19)12-13-17(22(16)25)14-6-1-2-7-18(14)23-26-20-10-3-4-11-21(20)27-23/h1-13H,(H,26,27). The third-order valence-corrected chi connectivity index (χ3v) is 5.54. The third kappa shape index (κ3) is 2.69. The predicted molar refractivity (Wildman–Crippen MR) is 114 cm³/mol. The Labute approximate surface area is 166 Å². The van der Waals surface area contributed by atoms with Gasteiger partial charge in [-0.25, -0.2) is 4.98 Å². The average Bonchev–Trinajstić information content (AvgIpc) is 3.13. The van der Waals surface area contributed by atoms with Gasteiger partial charge in [0.05, 0.1) is 16.1 Å². The Morgan fingerprint density at radius 3 is 2.26 bits per heavy atom. The van der Waals surface area contributed by atoms with E-state index >= 15 is 0 Å². The second kappa shape index (κ2) is 6.41. The van der Waals surface area contributed by atoms with Crippen LogP contribution < -0.4 is 0 Å². The van der Waals surface area contributed by atoms with E-state index in [0.717, 1.165) is 44.3 Å². The van der Waals surface area contributed by atoms with Gasteiger partial charge in [0, 0.05) is 26.9 Å². The van der Waals surface area contributed by atoms with Crippen molar-refractivity contribution in [3.05, 3.63) is 88.9 Å². The van der Waals surface area contributed by atoms with Crippen LogP contribution >= 0.6 is 23.2 Å². The van der Waals surface area contributed by atoms with Crippen LogP contribution in [0.4, 0.5) is 0 Å². The fourth-order valence-electron chi connectivity index (χ4n) is 3.50. The summed E-state index contributed by atoms with van der Waals surface area (Å²) in [6.07, 6.45) is 0.